The van der Waals surface area contributed by atoms with E-state index in [1.807, 2.05) is 24.3 Å². The zero-order valence-electron chi connectivity index (χ0n) is 20.0. The number of hydrogen-bond donors (Lipinski definition) is 1. The van der Waals surface area contributed by atoms with E-state index in [4.69, 9.17) is 4.74 Å². The Hall–Kier alpha value is -4.44. The van der Waals surface area contributed by atoms with Crippen LogP contribution in [-0.4, -0.2) is 20.6 Å². The van der Waals surface area contributed by atoms with Gasteiger partial charge in [-0.1, -0.05) is 25.1 Å². The Bertz CT molecular complexity index is 1590. The van der Waals surface area contributed by atoms with Gasteiger partial charge in [0.15, 0.2) is 0 Å². The van der Waals surface area contributed by atoms with E-state index in [-0.39, 0.29) is 12.2 Å². The maximum atomic E-state index is 13.9. The van der Waals surface area contributed by atoms with Gasteiger partial charge in [-0.25, -0.2) is 14.2 Å². The Balaban J connectivity index is 1.61. The van der Waals surface area contributed by atoms with Gasteiger partial charge in [0.05, 0.1) is 17.1 Å². The first-order chi connectivity index (χ1) is 17.4. The number of allylic oxidation sites excluding steroid dienone is 1. The molecule has 7 heteroatoms. The summed E-state index contributed by atoms with van der Waals surface area (Å²) < 4.78 is 22.0. The molecule has 5 rings (SSSR count). The van der Waals surface area contributed by atoms with Crippen LogP contribution < -0.4 is 4.74 Å². The average Bonchev–Trinajstić information content (AvgIpc) is 3.12. The predicted molar refractivity (Wildman–Crippen MR) is 134 cm³/mol. The molecule has 4 aromatic rings. The van der Waals surface area contributed by atoms with Crippen LogP contribution in [0, 0.1) is 17.1 Å². The van der Waals surface area contributed by atoms with Gasteiger partial charge in [-0.2, -0.15) is 5.26 Å². The number of carbonyl (C=O) groups is 1. The summed E-state index contributed by atoms with van der Waals surface area (Å²) in [6.07, 6.45) is 1.59. The summed E-state index contributed by atoms with van der Waals surface area (Å²) in [5, 5.41) is 19.3. The number of hydrogen-bond acceptors (Lipinski definition) is 4. The minimum atomic E-state index is -1.00. The van der Waals surface area contributed by atoms with Crippen LogP contribution in [0.5, 0.6) is 5.75 Å². The fourth-order valence-corrected chi connectivity index (χ4v) is 4.83. The second-order valence-corrected chi connectivity index (χ2v) is 8.88. The molecule has 0 atom stereocenters. The lowest BCUT2D eigenvalue weighted by Crippen LogP contribution is -2.07. The molecule has 0 radical (unpaired) electrons. The molecule has 3 aromatic carbocycles. The monoisotopic (exact) mass is 481 g/mol. The molecule has 0 saturated carbocycles. The molecule has 0 amide bonds. The molecule has 0 aliphatic carbocycles. The molecule has 1 N–H and O–H groups in total. The Labute approximate surface area is 207 Å². The second kappa shape index (κ2) is 9.31. The number of carboxylic acid groups (broad SMARTS) is 1. The zero-order chi connectivity index (χ0) is 25.4. The van der Waals surface area contributed by atoms with Crippen molar-refractivity contribution in [3.8, 4) is 11.8 Å². The molecule has 1 aliphatic rings. The normalized spacial score (nSPS) is 13.8. The molecule has 0 fully saturated rings. The van der Waals surface area contributed by atoms with E-state index in [0.29, 0.717) is 28.9 Å². The van der Waals surface area contributed by atoms with Gasteiger partial charge in [0.25, 0.3) is 0 Å². The third-order valence-electron chi connectivity index (χ3n) is 6.48. The minimum absolute atomic E-state index is 0.186. The van der Waals surface area contributed by atoms with E-state index in [0.717, 1.165) is 46.4 Å². The van der Waals surface area contributed by atoms with Crippen molar-refractivity contribution in [3.05, 3.63) is 99.6 Å². The van der Waals surface area contributed by atoms with Crippen molar-refractivity contribution in [3.63, 3.8) is 0 Å². The van der Waals surface area contributed by atoms with E-state index in [2.05, 4.69) is 22.5 Å². The minimum Gasteiger partial charge on any atom is -0.488 e. The quantitative estimate of drug-likeness (QED) is 0.347. The van der Waals surface area contributed by atoms with Gasteiger partial charge in [-0.3, -0.25) is 0 Å². The summed E-state index contributed by atoms with van der Waals surface area (Å²) in [5.41, 5.74) is 6.14. The van der Waals surface area contributed by atoms with Crippen molar-refractivity contribution in [1.29, 1.82) is 5.26 Å². The Kier molecular flexibility index (Phi) is 6.03. The summed E-state index contributed by atoms with van der Waals surface area (Å²) in [7, 11) is 0. The second-order valence-electron chi connectivity index (χ2n) is 8.88. The van der Waals surface area contributed by atoms with Crippen molar-refractivity contribution < 1.29 is 19.0 Å². The maximum Gasteiger partial charge on any atom is 0.337 e. The highest BCUT2D eigenvalue weighted by molar-refractivity contribution is 6.01. The summed E-state index contributed by atoms with van der Waals surface area (Å²) in [6.45, 7) is 4.55. The number of aromatic nitrogens is 2. The van der Waals surface area contributed by atoms with Crippen LogP contribution in [0.2, 0.25) is 0 Å². The van der Waals surface area contributed by atoms with Crippen LogP contribution in [0.1, 0.15) is 58.7 Å². The molecule has 0 unspecified atom stereocenters. The molecule has 0 saturated heterocycles. The van der Waals surface area contributed by atoms with Crippen molar-refractivity contribution in [1.82, 2.24) is 9.55 Å². The molecular formula is C29H24FN3O3. The van der Waals surface area contributed by atoms with Gasteiger partial charge in [0.2, 0.25) is 0 Å². The van der Waals surface area contributed by atoms with Gasteiger partial charge in [-0.15, -0.1) is 0 Å². The lowest BCUT2D eigenvalue weighted by atomic mass is 9.90. The van der Waals surface area contributed by atoms with Crippen molar-refractivity contribution >= 4 is 22.6 Å². The van der Waals surface area contributed by atoms with Crippen LogP contribution >= 0.6 is 0 Å². The first-order valence-corrected chi connectivity index (χ1v) is 11.8. The van der Waals surface area contributed by atoms with Gasteiger partial charge < -0.3 is 14.4 Å². The van der Waals surface area contributed by atoms with E-state index in [1.165, 1.54) is 12.1 Å². The van der Waals surface area contributed by atoms with E-state index in [1.54, 1.807) is 25.1 Å². The zero-order valence-corrected chi connectivity index (χ0v) is 20.0. The number of benzene rings is 3. The highest BCUT2D eigenvalue weighted by atomic mass is 19.1. The fraction of sp³-hybridized carbons (Fsp3) is 0.207. The smallest absolute Gasteiger partial charge is 0.337 e. The summed E-state index contributed by atoms with van der Waals surface area (Å²) >= 11 is 0. The maximum absolute atomic E-state index is 13.9. The number of nitriles is 1. The summed E-state index contributed by atoms with van der Waals surface area (Å²) in [6, 6.07) is 17.8. The fourth-order valence-electron chi connectivity index (χ4n) is 4.83. The number of aryl methyl sites for hydroxylation is 1. The largest absolute Gasteiger partial charge is 0.488 e. The third kappa shape index (κ3) is 4.01. The van der Waals surface area contributed by atoms with Gasteiger partial charge in [-0.05, 0) is 60.4 Å². The standard InChI is InChI=1S/C29H24FN3O3/c1-3-5-26-32-28-23(29(34)35)6-4-7-24(28)33(26)15-18-8-10-21-19(12-18)16-36-25-13-20(30)9-11-22(25)27(21)17(2)14-31/h4,6-13H,3,5,15-16H2,1-2H3,(H,34,35). The Morgan fingerprint density at radius 1 is 1.19 bits per heavy atom. The van der Waals surface area contributed by atoms with Gasteiger partial charge in [0, 0.05) is 35.7 Å². The predicted octanol–water partition coefficient (Wildman–Crippen LogP) is 6.11. The van der Waals surface area contributed by atoms with Crippen LogP contribution in [0.25, 0.3) is 16.6 Å². The average molecular weight is 482 g/mol. The Morgan fingerprint density at radius 3 is 2.75 bits per heavy atom. The summed E-state index contributed by atoms with van der Waals surface area (Å²) in [5.74, 6) is -0.162. The molecule has 36 heavy (non-hydrogen) atoms. The Morgan fingerprint density at radius 2 is 2.00 bits per heavy atom. The molecule has 1 aromatic heterocycles. The first-order valence-electron chi connectivity index (χ1n) is 11.8. The lowest BCUT2D eigenvalue weighted by molar-refractivity contribution is 0.0699. The SMILES string of the molecule is CCCc1nc2c(C(=O)O)cccc2n1Cc1ccc2c(c1)COc1cc(F)ccc1C2=C(C)C#N. The van der Waals surface area contributed by atoms with E-state index in [9.17, 15) is 19.6 Å². The molecule has 180 valence electrons. The van der Waals surface area contributed by atoms with Gasteiger partial charge in [0.1, 0.15) is 29.5 Å². The number of ether oxygens (including phenoxy) is 1. The number of imidazole rings is 1. The first kappa shape index (κ1) is 23.3. The molecule has 0 spiro atoms. The van der Waals surface area contributed by atoms with E-state index >= 15 is 0 Å². The van der Waals surface area contributed by atoms with Crippen LogP contribution in [-0.2, 0) is 19.6 Å². The van der Waals surface area contributed by atoms with Crippen LogP contribution in [0.15, 0.2) is 60.2 Å². The van der Waals surface area contributed by atoms with Crippen molar-refractivity contribution in [2.75, 3.05) is 0 Å². The lowest BCUT2D eigenvalue weighted by Gasteiger charge is -2.14. The highest BCUT2D eigenvalue weighted by Crippen LogP contribution is 2.39. The molecular weight excluding hydrogens is 457 g/mol. The van der Waals surface area contributed by atoms with Crippen LogP contribution in [0.4, 0.5) is 4.39 Å². The molecule has 0 bridgehead atoms. The van der Waals surface area contributed by atoms with E-state index < -0.39 is 11.8 Å². The van der Waals surface area contributed by atoms with Crippen LogP contribution in [0.3, 0.4) is 0 Å². The number of para-hydroxylation sites is 1. The molecule has 2 heterocycles. The summed E-state index contributed by atoms with van der Waals surface area (Å²) in [4.78, 5) is 16.4. The number of fused-ring (bicyclic) bond motifs is 3. The van der Waals surface area contributed by atoms with Crippen molar-refractivity contribution in [2.45, 2.75) is 39.8 Å². The number of rotatable bonds is 5. The number of carboxylic acids is 1. The molecule has 6 nitrogen and oxygen atoms in total. The van der Waals surface area contributed by atoms with Crippen molar-refractivity contribution in [2.24, 2.45) is 0 Å². The highest BCUT2D eigenvalue weighted by Gasteiger charge is 2.23. The number of halogens is 1. The third-order valence-corrected chi connectivity index (χ3v) is 6.48. The molecule has 1 aliphatic heterocycles. The topological polar surface area (TPSA) is 88.1 Å². The van der Waals surface area contributed by atoms with Gasteiger partial charge >= 0.3 is 5.97 Å². The number of nitrogens with zero attached hydrogens (tertiary/aromatic N) is 3. The number of aromatic carboxylic acids is 1.